The van der Waals surface area contributed by atoms with Gasteiger partial charge in [0.2, 0.25) is 0 Å². The topological polar surface area (TPSA) is 42.4 Å². The number of rotatable bonds is 5. The molecule has 102 valence electrons. The molecule has 0 aliphatic heterocycles. The Balaban J connectivity index is 2.01. The number of aliphatic hydroxyl groups is 1. The molecule has 1 atom stereocenters. The number of benzene rings is 1. The first-order valence-corrected chi connectivity index (χ1v) is 7.33. The molecular weight excluding hydrogens is 282 g/mol. The summed E-state index contributed by atoms with van der Waals surface area (Å²) in [6.07, 6.45) is 0.220. The highest BCUT2D eigenvalue weighted by Crippen LogP contribution is 2.28. The predicted octanol–water partition coefficient (Wildman–Crippen LogP) is 3.78. The lowest BCUT2D eigenvalue weighted by molar-refractivity contribution is 0.191. The molecule has 2 aromatic rings. The van der Waals surface area contributed by atoms with Crippen LogP contribution < -0.4 is 4.74 Å². The molecule has 2 rings (SSSR count). The van der Waals surface area contributed by atoms with Crippen molar-refractivity contribution in [2.45, 2.75) is 26.4 Å². The van der Waals surface area contributed by atoms with E-state index in [0.29, 0.717) is 22.9 Å². The van der Waals surface area contributed by atoms with Gasteiger partial charge in [0.25, 0.3) is 0 Å². The van der Waals surface area contributed by atoms with Crippen LogP contribution in [-0.4, -0.2) is 16.7 Å². The molecule has 5 heteroatoms. The summed E-state index contributed by atoms with van der Waals surface area (Å²) in [4.78, 5) is 5.43. The van der Waals surface area contributed by atoms with Crippen LogP contribution in [0.15, 0.2) is 23.7 Å². The lowest BCUT2D eigenvalue weighted by Crippen LogP contribution is -2.04. The van der Waals surface area contributed by atoms with Crippen LogP contribution in [0.3, 0.4) is 0 Å². The number of aromatic nitrogens is 1. The monoisotopic (exact) mass is 297 g/mol. The summed E-state index contributed by atoms with van der Waals surface area (Å²) < 4.78 is 5.74. The molecule has 1 heterocycles. The van der Waals surface area contributed by atoms with Gasteiger partial charge in [0.05, 0.1) is 23.9 Å². The van der Waals surface area contributed by atoms with Gasteiger partial charge < -0.3 is 9.84 Å². The van der Waals surface area contributed by atoms with Gasteiger partial charge in [-0.05, 0) is 32.0 Å². The Morgan fingerprint density at radius 1 is 1.47 bits per heavy atom. The Morgan fingerprint density at radius 2 is 2.26 bits per heavy atom. The fourth-order valence-corrected chi connectivity index (χ4v) is 2.74. The van der Waals surface area contributed by atoms with Crippen molar-refractivity contribution in [3.05, 3.63) is 44.9 Å². The number of aryl methyl sites for hydroxylation is 1. The predicted molar refractivity (Wildman–Crippen MR) is 78.1 cm³/mol. The molecule has 0 amide bonds. The SMILES string of the molecule is Cc1ncsc1CCOc1ccc(Cl)cc1[C@@H](C)O. The number of nitrogens with zero attached hydrogens (tertiary/aromatic N) is 1. The van der Waals surface area contributed by atoms with Crippen molar-refractivity contribution in [2.75, 3.05) is 6.61 Å². The van der Waals surface area contributed by atoms with Crippen LogP contribution in [0.2, 0.25) is 5.02 Å². The molecule has 0 saturated heterocycles. The largest absolute Gasteiger partial charge is 0.493 e. The maximum absolute atomic E-state index is 9.71. The molecule has 19 heavy (non-hydrogen) atoms. The van der Waals surface area contributed by atoms with Crippen molar-refractivity contribution in [3.8, 4) is 5.75 Å². The first-order chi connectivity index (χ1) is 9.08. The third-order valence-corrected chi connectivity index (χ3v) is 4.08. The van der Waals surface area contributed by atoms with Gasteiger partial charge in [-0.15, -0.1) is 11.3 Å². The minimum absolute atomic E-state index is 0.560. The molecule has 3 nitrogen and oxygen atoms in total. The Labute approximate surface area is 121 Å². The minimum Gasteiger partial charge on any atom is -0.493 e. The fourth-order valence-electron chi connectivity index (χ4n) is 1.80. The van der Waals surface area contributed by atoms with Gasteiger partial charge in [-0.2, -0.15) is 0 Å². The van der Waals surface area contributed by atoms with E-state index >= 15 is 0 Å². The second-order valence-corrected chi connectivity index (χ2v) is 5.69. The summed E-state index contributed by atoms with van der Waals surface area (Å²) >= 11 is 7.56. The van der Waals surface area contributed by atoms with Crippen LogP contribution >= 0.6 is 22.9 Å². The average molecular weight is 298 g/mol. The molecule has 0 spiro atoms. The summed E-state index contributed by atoms with van der Waals surface area (Å²) in [7, 11) is 0. The van der Waals surface area contributed by atoms with E-state index in [-0.39, 0.29) is 0 Å². The van der Waals surface area contributed by atoms with Gasteiger partial charge in [0.1, 0.15) is 5.75 Å². The number of thiazole rings is 1. The lowest BCUT2D eigenvalue weighted by atomic mass is 10.1. The maximum Gasteiger partial charge on any atom is 0.125 e. The number of hydrogen-bond donors (Lipinski definition) is 1. The first-order valence-electron chi connectivity index (χ1n) is 6.07. The standard InChI is InChI=1S/C14H16ClNO2S/c1-9-14(19-8-16-9)5-6-18-13-4-3-11(15)7-12(13)10(2)17/h3-4,7-8,10,17H,5-6H2,1-2H3/t10-/m1/s1. The van der Waals surface area contributed by atoms with E-state index in [1.165, 1.54) is 4.88 Å². The second kappa shape index (κ2) is 6.37. The van der Waals surface area contributed by atoms with E-state index < -0.39 is 6.10 Å². The van der Waals surface area contributed by atoms with Gasteiger partial charge in [-0.25, -0.2) is 4.98 Å². The molecular formula is C14H16ClNO2S. The molecule has 1 N–H and O–H groups in total. The highest BCUT2D eigenvalue weighted by atomic mass is 35.5. The Bertz CT molecular complexity index is 554. The van der Waals surface area contributed by atoms with Crippen LogP contribution in [0.1, 0.15) is 29.2 Å². The Hall–Kier alpha value is -1.10. The fraction of sp³-hybridized carbons (Fsp3) is 0.357. The lowest BCUT2D eigenvalue weighted by Gasteiger charge is -2.13. The van der Waals surface area contributed by atoms with E-state index in [1.807, 2.05) is 12.4 Å². The number of ether oxygens (including phenoxy) is 1. The summed E-state index contributed by atoms with van der Waals surface area (Å²) in [5, 5.41) is 10.3. The van der Waals surface area contributed by atoms with E-state index in [2.05, 4.69) is 4.98 Å². The maximum atomic E-state index is 9.71. The molecule has 1 aromatic carbocycles. The van der Waals surface area contributed by atoms with Gasteiger partial charge >= 0.3 is 0 Å². The third-order valence-electron chi connectivity index (χ3n) is 2.85. The van der Waals surface area contributed by atoms with E-state index in [1.54, 1.807) is 36.5 Å². The Kier molecular flexibility index (Phi) is 4.80. The molecule has 0 radical (unpaired) electrons. The van der Waals surface area contributed by atoms with E-state index in [4.69, 9.17) is 16.3 Å². The number of aliphatic hydroxyl groups excluding tert-OH is 1. The third kappa shape index (κ3) is 3.69. The van der Waals surface area contributed by atoms with Crippen molar-refractivity contribution < 1.29 is 9.84 Å². The summed E-state index contributed by atoms with van der Waals surface area (Å²) in [6, 6.07) is 5.30. The normalized spacial score (nSPS) is 12.4. The first kappa shape index (κ1) is 14.3. The van der Waals surface area contributed by atoms with Crippen molar-refractivity contribution >= 4 is 22.9 Å². The number of hydrogen-bond acceptors (Lipinski definition) is 4. The molecule has 0 saturated carbocycles. The zero-order chi connectivity index (χ0) is 13.8. The van der Waals surface area contributed by atoms with Crippen LogP contribution in [0, 0.1) is 6.92 Å². The summed E-state index contributed by atoms with van der Waals surface area (Å²) in [5.41, 5.74) is 3.61. The second-order valence-electron chi connectivity index (χ2n) is 4.32. The van der Waals surface area contributed by atoms with Crippen LogP contribution in [0.4, 0.5) is 0 Å². The smallest absolute Gasteiger partial charge is 0.125 e. The molecule has 0 bridgehead atoms. The van der Waals surface area contributed by atoms with Crippen molar-refractivity contribution in [1.29, 1.82) is 0 Å². The van der Waals surface area contributed by atoms with E-state index in [9.17, 15) is 5.11 Å². The van der Waals surface area contributed by atoms with Gasteiger partial charge in [-0.3, -0.25) is 0 Å². The van der Waals surface area contributed by atoms with Gasteiger partial charge in [0.15, 0.2) is 0 Å². The zero-order valence-corrected chi connectivity index (χ0v) is 12.5. The molecule has 1 aromatic heterocycles. The van der Waals surface area contributed by atoms with Crippen LogP contribution in [0.5, 0.6) is 5.75 Å². The van der Waals surface area contributed by atoms with Gasteiger partial charge in [0, 0.05) is 21.9 Å². The zero-order valence-electron chi connectivity index (χ0n) is 10.9. The summed E-state index contributed by atoms with van der Waals surface area (Å²) in [6.45, 7) is 4.26. The minimum atomic E-state index is -0.598. The Morgan fingerprint density at radius 3 is 2.89 bits per heavy atom. The van der Waals surface area contributed by atoms with Gasteiger partial charge in [-0.1, -0.05) is 11.6 Å². The van der Waals surface area contributed by atoms with E-state index in [0.717, 1.165) is 12.1 Å². The number of halogens is 1. The van der Waals surface area contributed by atoms with Crippen molar-refractivity contribution in [3.63, 3.8) is 0 Å². The summed E-state index contributed by atoms with van der Waals surface area (Å²) in [5.74, 6) is 0.682. The molecule has 0 unspecified atom stereocenters. The quantitative estimate of drug-likeness (QED) is 0.913. The van der Waals surface area contributed by atoms with Crippen LogP contribution in [0.25, 0.3) is 0 Å². The molecule has 0 aliphatic rings. The highest BCUT2D eigenvalue weighted by Gasteiger charge is 2.10. The van der Waals surface area contributed by atoms with Crippen molar-refractivity contribution in [2.24, 2.45) is 0 Å². The van der Waals surface area contributed by atoms with Crippen LogP contribution in [-0.2, 0) is 6.42 Å². The highest BCUT2D eigenvalue weighted by molar-refractivity contribution is 7.09. The van der Waals surface area contributed by atoms with Crippen molar-refractivity contribution in [1.82, 2.24) is 4.98 Å². The molecule has 0 aliphatic carbocycles. The average Bonchev–Trinajstić information content (AvgIpc) is 2.77. The molecule has 0 fully saturated rings.